The van der Waals surface area contributed by atoms with Crippen LogP contribution >= 0.6 is 0 Å². The molecule has 100 heavy (non-hydrogen) atoms. The van der Waals surface area contributed by atoms with Gasteiger partial charge in [0, 0.05) is 62.1 Å². The van der Waals surface area contributed by atoms with E-state index in [1.54, 1.807) is 0 Å². The Labute approximate surface area is 578 Å². The van der Waals surface area contributed by atoms with Crippen LogP contribution in [0.4, 0.5) is 0 Å². The smallest absolute Gasteiger partial charge is 0.164 e. The molecule has 0 atom stereocenters. The Morgan fingerprint density at radius 2 is 0.470 bits per heavy atom. The molecule has 0 saturated carbocycles. The Balaban J connectivity index is 0.680. The number of rotatable bonds is 13. The van der Waals surface area contributed by atoms with Gasteiger partial charge in [0.05, 0.1) is 11.0 Å². The Hall–Kier alpha value is -13.6. The lowest BCUT2D eigenvalue weighted by Crippen LogP contribution is -2.00. The summed E-state index contributed by atoms with van der Waals surface area (Å²) in [5, 5.41) is 6.85. The van der Waals surface area contributed by atoms with Crippen LogP contribution in [0.2, 0.25) is 0 Å². The summed E-state index contributed by atoms with van der Waals surface area (Å²) in [6.45, 7) is 0. The molecule has 14 aromatic carbocycles. The van der Waals surface area contributed by atoms with Gasteiger partial charge in [0.15, 0.2) is 34.9 Å². The van der Waals surface area contributed by atoms with Crippen molar-refractivity contribution in [2.75, 3.05) is 0 Å². The van der Waals surface area contributed by atoms with Gasteiger partial charge >= 0.3 is 0 Å². The predicted molar refractivity (Wildman–Crippen MR) is 409 cm³/mol. The summed E-state index contributed by atoms with van der Waals surface area (Å²) in [5.41, 5.74) is 23.0. The second-order valence-corrected chi connectivity index (χ2v) is 25.1. The first kappa shape index (κ1) is 59.0. The molecular formula is C92H58N8. The van der Waals surface area contributed by atoms with E-state index in [1.165, 1.54) is 10.8 Å². The van der Waals surface area contributed by atoms with Crippen LogP contribution in [0.15, 0.2) is 352 Å². The summed E-state index contributed by atoms with van der Waals surface area (Å²) in [6.07, 6.45) is 3.71. The molecule has 0 fully saturated rings. The molecule has 0 amide bonds. The van der Waals surface area contributed by atoms with E-state index in [1.807, 2.05) is 116 Å². The zero-order valence-electron chi connectivity index (χ0n) is 54.1. The fraction of sp³-hybridized carbons (Fsp3) is 0. The quantitative estimate of drug-likeness (QED) is 0.112. The number of para-hydroxylation sites is 1. The van der Waals surface area contributed by atoms with Crippen molar-refractivity contribution < 1.29 is 0 Å². The average molecular weight is 1280 g/mol. The number of benzene rings is 14. The number of aromatic nitrogens is 8. The molecule has 0 spiro atoms. The van der Waals surface area contributed by atoms with E-state index in [0.29, 0.717) is 34.9 Å². The summed E-state index contributed by atoms with van der Waals surface area (Å²) in [6, 6.07) is 120. The number of nitrogens with zero attached hydrogens (tertiary/aromatic N) is 8. The van der Waals surface area contributed by atoms with Gasteiger partial charge in [-0.1, -0.05) is 291 Å². The lowest BCUT2D eigenvalue weighted by atomic mass is 9.89. The molecule has 0 saturated heterocycles. The maximum atomic E-state index is 5.22. The Morgan fingerprint density at radius 3 is 0.930 bits per heavy atom. The summed E-state index contributed by atoms with van der Waals surface area (Å²) < 4.78 is 0. The van der Waals surface area contributed by atoms with Crippen molar-refractivity contribution in [1.82, 2.24) is 39.9 Å². The van der Waals surface area contributed by atoms with E-state index < -0.39 is 0 Å². The molecule has 0 N–H and O–H groups in total. The van der Waals surface area contributed by atoms with Crippen molar-refractivity contribution in [3.8, 4) is 146 Å². The standard InChI is InChI=1S/C92H58N8/c1-4-16-67(17-5-1)87-95-88(68-18-6-2-7-19-68)97-91(96-87)71-48-42-65(43-49-71)84-58-77-54-75(50-51-76(77)57-83(84)63-38-34-61(35-39-63)79-27-12-24-66-25-14-53-94-86(66)79)59-30-44-70(45-31-59)90-98-89(69-20-8-3-9-21-69)99-92(100-90)72-46-40-64(41-47-72)82-56-74-23-11-10-22-73(74)55-81(82)62-36-32-60(33-37-62)78-26-13-29-85-80(78)28-15-52-93-85/h1-58H. The minimum Gasteiger partial charge on any atom is -0.256 e. The fourth-order valence-electron chi connectivity index (χ4n) is 13.7. The van der Waals surface area contributed by atoms with Crippen LogP contribution in [0.1, 0.15) is 0 Å². The molecular weight excluding hydrogens is 1220 g/mol. The van der Waals surface area contributed by atoms with E-state index >= 15 is 0 Å². The molecule has 0 aliphatic carbocycles. The van der Waals surface area contributed by atoms with Gasteiger partial charge in [0.2, 0.25) is 0 Å². The highest BCUT2D eigenvalue weighted by atomic mass is 15.0. The van der Waals surface area contributed by atoms with Crippen LogP contribution < -0.4 is 0 Å². The highest BCUT2D eigenvalue weighted by Crippen LogP contribution is 2.42. The molecule has 4 heterocycles. The van der Waals surface area contributed by atoms with E-state index in [0.717, 1.165) is 144 Å². The molecule has 18 rings (SSSR count). The Bertz CT molecular complexity index is 6020. The SMILES string of the molecule is c1ccc(-c2nc(-c3ccc(-c4ccc5cc(-c6ccc(-c7cccc8cccnc78)cc6)c(-c6ccc(-c7nc(-c8ccccc8)nc(-c8ccccc8)n7)cc6)cc5c4)cc3)nc(-c3ccc(-c4cc5ccccc5cc4-c4ccc(-c5cccc6ncccc56)cc4)cc3)n2)cc1. The van der Waals surface area contributed by atoms with E-state index in [2.05, 4.69) is 242 Å². The molecule has 0 aliphatic heterocycles. The van der Waals surface area contributed by atoms with Crippen LogP contribution in [0.25, 0.3) is 190 Å². The van der Waals surface area contributed by atoms with Crippen molar-refractivity contribution in [3.05, 3.63) is 352 Å². The molecule has 8 heteroatoms. The highest BCUT2D eigenvalue weighted by Gasteiger charge is 2.19. The van der Waals surface area contributed by atoms with Crippen molar-refractivity contribution >= 4 is 43.4 Å². The second-order valence-electron chi connectivity index (χ2n) is 25.1. The number of fused-ring (bicyclic) bond motifs is 4. The third-order valence-corrected chi connectivity index (χ3v) is 18.9. The summed E-state index contributed by atoms with van der Waals surface area (Å²) >= 11 is 0. The first-order chi connectivity index (χ1) is 49.5. The van der Waals surface area contributed by atoms with Gasteiger partial charge in [-0.25, -0.2) is 29.9 Å². The first-order valence-corrected chi connectivity index (χ1v) is 33.5. The van der Waals surface area contributed by atoms with Gasteiger partial charge in [-0.05, 0) is 142 Å². The first-order valence-electron chi connectivity index (χ1n) is 33.5. The minimum atomic E-state index is 0.590. The largest absolute Gasteiger partial charge is 0.256 e. The topological polar surface area (TPSA) is 103 Å². The summed E-state index contributed by atoms with van der Waals surface area (Å²) in [4.78, 5) is 40.0. The van der Waals surface area contributed by atoms with Crippen LogP contribution in [0.5, 0.6) is 0 Å². The molecule has 0 bridgehead atoms. The van der Waals surface area contributed by atoms with Gasteiger partial charge in [-0.3, -0.25) is 9.97 Å². The van der Waals surface area contributed by atoms with Crippen molar-refractivity contribution in [2.24, 2.45) is 0 Å². The van der Waals surface area contributed by atoms with Crippen LogP contribution in [0.3, 0.4) is 0 Å². The van der Waals surface area contributed by atoms with Gasteiger partial charge < -0.3 is 0 Å². The van der Waals surface area contributed by atoms with E-state index in [-0.39, 0.29) is 0 Å². The maximum absolute atomic E-state index is 5.22. The summed E-state index contributed by atoms with van der Waals surface area (Å²) in [5.74, 6) is 3.63. The van der Waals surface area contributed by atoms with Gasteiger partial charge in [0.25, 0.3) is 0 Å². The average Bonchev–Trinajstić information content (AvgIpc) is 0.772. The Morgan fingerprint density at radius 1 is 0.160 bits per heavy atom. The second kappa shape index (κ2) is 25.5. The van der Waals surface area contributed by atoms with Crippen LogP contribution in [0, 0.1) is 0 Å². The lowest BCUT2D eigenvalue weighted by molar-refractivity contribution is 1.07. The molecule has 0 radical (unpaired) electrons. The number of hydrogen-bond donors (Lipinski definition) is 0. The molecule has 0 unspecified atom stereocenters. The van der Waals surface area contributed by atoms with Gasteiger partial charge in [-0.15, -0.1) is 0 Å². The summed E-state index contributed by atoms with van der Waals surface area (Å²) in [7, 11) is 0. The normalized spacial score (nSPS) is 11.4. The van der Waals surface area contributed by atoms with Crippen molar-refractivity contribution in [3.63, 3.8) is 0 Å². The third-order valence-electron chi connectivity index (χ3n) is 18.9. The molecule has 18 aromatic rings. The van der Waals surface area contributed by atoms with Crippen molar-refractivity contribution in [1.29, 1.82) is 0 Å². The zero-order valence-corrected chi connectivity index (χ0v) is 54.1. The lowest BCUT2D eigenvalue weighted by Gasteiger charge is -2.15. The third kappa shape index (κ3) is 11.5. The number of hydrogen-bond acceptors (Lipinski definition) is 8. The number of pyridine rings is 2. The molecule has 0 aliphatic rings. The monoisotopic (exact) mass is 1270 g/mol. The highest BCUT2D eigenvalue weighted by molar-refractivity contribution is 6.01. The molecule has 466 valence electrons. The maximum Gasteiger partial charge on any atom is 0.164 e. The van der Waals surface area contributed by atoms with Crippen LogP contribution in [-0.4, -0.2) is 39.9 Å². The zero-order chi connectivity index (χ0) is 66.3. The van der Waals surface area contributed by atoms with Crippen LogP contribution in [-0.2, 0) is 0 Å². The van der Waals surface area contributed by atoms with E-state index in [9.17, 15) is 0 Å². The van der Waals surface area contributed by atoms with E-state index in [4.69, 9.17) is 34.9 Å². The Kier molecular flexibility index (Phi) is 15.1. The predicted octanol–water partition coefficient (Wildman–Crippen LogP) is 23.1. The van der Waals surface area contributed by atoms with Gasteiger partial charge in [-0.2, -0.15) is 0 Å². The molecule has 4 aromatic heterocycles. The molecule has 8 nitrogen and oxygen atoms in total. The van der Waals surface area contributed by atoms with Gasteiger partial charge in [0.1, 0.15) is 0 Å². The minimum absolute atomic E-state index is 0.590. The van der Waals surface area contributed by atoms with Crippen molar-refractivity contribution in [2.45, 2.75) is 0 Å². The fourth-order valence-corrected chi connectivity index (χ4v) is 13.7.